The largest absolute Gasteiger partial charge is 0.377 e. The molecule has 4 N–H and O–H groups in total. The number of aromatic nitrogens is 2. The maximum atomic E-state index is 12.1. The smallest absolute Gasteiger partial charge is 0.245 e. The number of hydrogen-bond donors (Lipinski definition) is 3. The zero-order valence-electron chi connectivity index (χ0n) is 11.1. The second kappa shape index (κ2) is 6.82. The average Bonchev–Trinajstić information content (AvgIpc) is 2.48. The molecule has 1 aromatic heterocycles. The number of amides is 1. The van der Waals surface area contributed by atoms with Crippen molar-refractivity contribution in [2.24, 2.45) is 5.84 Å². The molecule has 8 nitrogen and oxygen atoms in total. The first-order chi connectivity index (χ1) is 9.67. The van der Waals surface area contributed by atoms with Crippen LogP contribution in [0.1, 0.15) is 6.92 Å². The van der Waals surface area contributed by atoms with E-state index < -0.39 is 6.04 Å². The Bertz CT molecular complexity index is 486. The highest BCUT2D eigenvalue weighted by Gasteiger charge is 2.31. The summed E-state index contributed by atoms with van der Waals surface area (Å²) in [5.74, 6) is 6.16. The minimum Gasteiger partial charge on any atom is -0.377 e. The van der Waals surface area contributed by atoms with Gasteiger partial charge in [0.15, 0.2) is 0 Å². The van der Waals surface area contributed by atoms with Crippen molar-refractivity contribution >= 4 is 33.6 Å². The lowest BCUT2D eigenvalue weighted by molar-refractivity contribution is -0.124. The first kappa shape index (κ1) is 14.9. The number of nitrogen functional groups attached to an aromatic ring is 1. The molecule has 0 bridgehead atoms. The van der Waals surface area contributed by atoms with E-state index >= 15 is 0 Å². The lowest BCUT2D eigenvalue weighted by Gasteiger charge is -2.35. The maximum absolute atomic E-state index is 12.1. The van der Waals surface area contributed by atoms with Crippen LogP contribution in [0.3, 0.4) is 0 Å². The molecule has 0 saturated carbocycles. The van der Waals surface area contributed by atoms with Crippen LogP contribution in [0.15, 0.2) is 10.7 Å². The summed E-state index contributed by atoms with van der Waals surface area (Å²) in [5, 5.41) is 2.80. The number of carbonyl (C=O) groups excluding carboxylic acids is 1. The number of halogens is 1. The van der Waals surface area contributed by atoms with E-state index in [0.717, 1.165) is 0 Å². The van der Waals surface area contributed by atoms with E-state index in [-0.39, 0.29) is 5.91 Å². The SMILES string of the molecule is CCNC(=O)C1COCCN1c1nc(NN)ncc1Br. The molecule has 20 heavy (non-hydrogen) atoms. The van der Waals surface area contributed by atoms with Crippen molar-refractivity contribution in [3.8, 4) is 0 Å². The third-order valence-electron chi connectivity index (χ3n) is 2.91. The summed E-state index contributed by atoms with van der Waals surface area (Å²) >= 11 is 3.40. The molecule has 0 aliphatic carbocycles. The first-order valence-corrected chi connectivity index (χ1v) is 7.08. The van der Waals surface area contributed by atoms with Crippen molar-refractivity contribution in [3.63, 3.8) is 0 Å². The third kappa shape index (κ3) is 3.17. The molecule has 1 aliphatic heterocycles. The van der Waals surface area contributed by atoms with E-state index in [0.29, 0.717) is 42.5 Å². The Labute approximate surface area is 125 Å². The number of likely N-dealkylation sites (N-methyl/N-ethyl adjacent to an activating group) is 1. The molecule has 1 unspecified atom stereocenters. The van der Waals surface area contributed by atoms with Crippen LogP contribution >= 0.6 is 15.9 Å². The standard InChI is InChI=1S/C11H17BrN6O2/c1-2-14-10(19)8-6-20-4-3-18(8)9-7(12)5-15-11(16-9)17-13/h5,8H,2-4,6,13H2,1H3,(H,14,19)(H,15,16,17). The van der Waals surface area contributed by atoms with Crippen LogP contribution in [-0.4, -0.2) is 48.2 Å². The number of ether oxygens (including phenoxy) is 1. The van der Waals surface area contributed by atoms with Crippen LogP contribution in [0.4, 0.5) is 11.8 Å². The van der Waals surface area contributed by atoms with E-state index in [9.17, 15) is 4.79 Å². The Morgan fingerprint density at radius 2 is 2.50 bits per heavy atom. The molecule has 110 valence electrons. The van der Waals surface area contributed by atoms with Crippen LogP contribution in [-0.2, 0) is 9.53 Å². The van der Waals surface area contributed by atoms with Crippen molar-refractivity contribution in [1.82, 2.24) is 15.3 Å². The molecule has 1 atom stereocenters. The summed E-state index contributed by atoms with van der Waals surface area (Å²) in [6.45, 7) is 3.89. The van der Waals surface area contributed by atoms with Crippen LogP contribution < -0.4 is 21.5 Å². The minimum absolute atomic E-state index is 0.0834. The quantitative estimate of drug-likeness (QED) is 0.515. The summed E-state index contributed by atoms with van der Waals surface area (Å²) in [6.07, 6.45) is 1.60. The molecule has 0 radical (unpaired) electrons. The third-order valence-corrected chi connectivity index (χ3v) is 3.47. The molecule has 2 heterocycles. The van der Waals surface area contributed by atoms with Gasteiger partial charge in [0, 0.05) is 19.3 Å². The first-order valence-electron chi connectivity index (χ1n) is 6.28. The molecular formula is C11H17BrN6O2. The number of nitrogens with one attached hydrogen (secondary N) is 2. The summed E-state index contributed by atoms with van der Waals surface area (Å²) in [7, 11) is 0. The molecule has 9 heteroatoms. The lowest BCUT2D eigenvalue weighted by Crippen LogP contribution is -2.54. The van der Waals surface area contributed by atoms with Crippen LogP contribution in [0.5, 0.6) is 0 Å². The molecule has 1 amide bonds. The van der Waals surface area contributed by atoms with Crippen molar-refractivity contribution < 1.29 is 9.53 Å². The predicted octanol–water partition coefficient (Wildman–Crippen LogP) is -0.134. The Balaban J connectivity index is 2.29. The van der Waals surface area contributed by atoms with Gasteiger partial charge in [0.25, 0.3) is 0 Å². The number of hydrazine groups is 1. The normalized spacial score (nSPS) is 18.8. The number of morpholine rings is 1. The Morgan fingerprint density at radius 3 is 3.20 bits per heavy atom. The summed E-state index contributed by atoms with van der Waals surface area (Å²) in [4.78, 5) is 22.3. The van der Waals surface area contributed by atoms with E-state index in [1.54, 1.807) is 6.20 Å². The number of rotatable bonds is 4. The van der Waals surface area contributed by atoms with E-state index in [1.807, 2.05) is 11.8 Å². The van der Waals surface area contributed by atoms with Crippen LogP contribution in [0.2, 0.25) is 0 Å². The molecule has 1 aromatic rings. The Morgan fingerprint density at radius 1 is 1.70 bits per heavy atom. The maximum Gasteiger partial charge on any atom is 0.245 e. The second-order valence-electron chi connectivity index (χ2n) is 4.19. The molecule has 2 rings (SSSR count). The molecule has 1 aliphatic rings. The molecule has 0 spiro atoms. The fourth-order valence-electron chi connectivity index (χ4n) is 2.00. The van der Waals surface area contributed by atoms with Gasteiger partial charge in [0.2, 0.25) is 11.9 Å². The van der Waals surface area contributed by atoms with Gasteiger partial charge in [-0.05, 0) is 22.9 Å². The highest BCUT2D eigenvalue weighted by Crippen LogP contribution is 2.27. The van der Waals surface area contributed by atoms with Gasteiger partial charge in [0.05, 0.1) is 17.7 Å². The van der Waals surface area contributed by atoms with Crippen molar-refractivity contribution in [1.29, 1.82) is 0 Å². The Kier molecular flexibility index (Phi) is 5.10. The number of nitrogens with zero attached hydrogens (tertiary/aromatic N) is 3. The van der Waals surface area contributed by atoms with E-state index in [4.69, 9.17) is 10.6 Å². The van der Waals surface area contributed by atoms with E-state index in [1.165, 1.54) is 0 Å². The summed E-state index contributed by atoms with van der Waals surface area (Å²) in [6, 6.07) is -0.416. The van der Waals surface area contributed by atoms with Crippen molar-refractivity contribution in [2.75, 3.05) is 36.6 Å². The summed E-state index contributed by atoms with van der Waals surface area (Å²) in [5.41, 5.74) is 2.40. The van der Waals surface area contributed by atoms with Crippen molar-refractivity contribution in [2.45, 2.75) is 13.0 Å². The van der Waals surface area contributed by atoms with E-state index in [2.05, 4.69) is 36.6 Å². The number of carbonyl (C=O) groups is 1. The number of nitrogens with two attached hydrogens (primary N) is 1. The van der Waals surface area contributed by atoms with Crippen molar-refractivity contribution in [3.05, 3.63) is 10.7 Å². The van der Waals surface area contributed by atoms with Gasteiger partial charge in [-0.3, -0.25) is 10.2 Å². The van der Waals surface area contributed by atoms with Gasteiger partial charge in [0.1, 0.15) is 11.9 Å². The van der Waals surface area contributed by atoms with Gasteiger partial charge in [-0.15, -0.1) is 0 Å². The molecular weight excluding hydrogens is 328 g/mol. The molecule has 0 aromatic carbocycles. The average molecular weight is 345 g/mol. The van der Waals surface area contributed by atoms with Crippen LogP contribution in [0, 0.1) is 0 Å². The highest BCUT2D eigenvalue weighted by atomic mass is 79.9. The fourth-order valence-corrected chi connectivity index (χ4v) is 2.41. The van der Waals surface area contributed by atoms with Gasteiger partial charge in [-0.25, -0.2) is 10.8 Å². The minimum atomic E-state index is -0.416. The highest BCUT2D eigenvalue weighted by molar-refractivity contribution is 9.10. The van der Waals surface area contributed by atoms with Crippen LogP contribution in [0.25, 0.3) is 0 Å². The zero-order valence-corrected chi connectivity index (χ0v) is 12.7. The number of hydrogen-bond acceptors (Lipinski definition) is 7. The lowest BCUT2D eigenvalue weighted by atomic mass is 10.2. The van der Waals surface area contributed by atoms with Gasteiger partial charge < -0.3 is 15.0 Å². The second-order valence-corrected chi connectivity index (χ2v) is 5.04. The van der Waals surface area contributed by atoms with Gasteiger partial charge in [-0.2, -0.15) is 4.98 Å². The van der Waals surface area contributed by atoms with Gasteiger partial charge in [-0.1, -0.05) is 0 Å². The zero-order chi connectivity index (χ0) is 14.5. The molecule has 1 fully saturated rings. The predicted molar refractivity (Wildman–Crippen MR) is 78.2 cm³/mol. The monoisotopic (exact) mass is 344 g/mol. The fraction of sp³-hybridized carbons (Fsp3) is 0.545. The van der Waals surface area contributed by atoms with Gasteiger partial charge >= 0.3 is 0 Å². The molecule has 1 saturated heterocycles. The summed E-state index contributed by atoms with van der Waals surface area (Å²) < 4.78 is 6.10. The Hall–Kier alpha value is -1.45. The topological polar surface area (TPSA) is 105 Å². The number of anilines is 2.